The van der Waals surface area contributed by atoms with Crippen molar-refractivity contribution >= 4 is 0 Å². The molecule has 0 heterocycles. The lowest BCUT2D eigenvalue weighted by Gasteiger charge is -2.14. The number of hydrogen-bond acceptors (Lipinski definition) is 3. The summed E-state index contributed by atoms with van der Waals surface area (Å²) in [5.74, 6) is 0.952. The molecule has 1 unspecified atom stereocenters. The van der Waals surface area contributed by atoms with E-state index in [1.54, 1.807) is 12.1 Å². The molecule has 3 heteroatoms. The van der Waals surface area contributed by atoms with Gasteiger partial charge in [0.2, 0.25) is 0 Å². The molecule has 0 bridgehead atoms. The van der Waals surface area contributed by atoms with E-state index in [-0.39, 0.29) is 0 Å². The molecule has 20 heavy (non-hydrogen) atoms. The number of aromatic hydroxyl groups is 1. The zero-order valence-electron chi connectivity index (χ0n) is 13.1. The third-order valence-electron chi connectivity index (χ3n) is 3.21. The van der Waals surface area contributed by atoms with Crippen molar-refractivity contribution in [1.29, 1.82) is 0 Å². The van der Waals surface area contributed by atoms with Crippen LogP contribution < -0.4 is 5.32 Å². The molecular weight excluding hydrogens is 250 g/mol. The minimum Gasteiger partial charge on any atom is -0.508 e. The van der Waals surface area contributed by atoms with Crippen LogP contribution in [0.2, 0.25) is 0 Å². The van der Waals surface area contributed by atoms with Gasteiger partial charge in [-0.25, -0.2) is 0 Å². The molecule has 0 aromatic heterocycles. The van der Waals surface area contributed by atoms with E-state index in [1.165, 1.54) is 5.56 Å². The highest BCUT2D eigenvalue weighted by Gasteiger charge is 2.02. The Bertz CT molecular complexity index is 349. The number of ether oxygens (including phenoxy) is 1. The molecule has 1 aromatic carbocycles. The first-order valence-electron chi connectivity index (χ1n) is 7.67. The van der Waals surface area contributed by atoms with Crippen molar-refractivity contribution in [3.05, 3.63) is 29.8 Å². The fourth-order valence-corrected chi connectivity index (χ4v) is 1.99. The van der Waals surface area contributed by atoms with Crippen LogP contribution in [-0.4, -0.2) is 30.9 Å². The first-order valence-corrected chi connectivity index (χ1v) is 7.67. The Balaban J connectivity index is 2.03. The zero-order chi connectivity index (χ0) is 14.8. The molecule has 1 aromatic rings. The van der Waals surface area contributed by atoms with E-state index in [4.69, 9.17) is 4.74 Å². The Hall–Kier alpha value is -1.06. The molecule has 0 saturated carbocycles. The summed E-state index contributed by atoms with van der Waals surface area (Å²) in [4.78, 5) is 0. The highest BCUT2D eigenvalue weighted by Crippen LogP contribution is 2.11. The minimum atomic E-state index is 0.335. The van der Waals surface area contributed by atoms with Gasteiger partial charge in [-0.05, 0) is 56.3 Å². The third-order valence-corrected chi connectivity index (χ3v) is 3.21. The Morgan fingerprint density at radius 3 is 2.50 bits per heavy atom. The van der Waals surface area contributed by atoms with Gasteiger partial charge in [-0.3, -0.25) is 0 Å². The fraction of sp³-hybridized carbons (Fsp3) is 0.647. The molecule has 0 aliphatic rings. The highest BCUT2D eigenvalue weighted by atomic mass is 16.5. The van der Waals surface area contributed by atoms with Gasteiger partial charge in [0, 0.05) is 19.3 Å². The number of aryl methyl sites for hydroxylation is 1. The summed E-state index contributed by atoms with van der Waals surface area (Å²) in [6.45, 7) is 9.27. The molecule has 1 rings (SSSR count). The molecule has 114 valence electrons. The van der Waals surface area contributed by atoms with Gasteiger partial charge in [-0.1, -0.05) is 26.0 Å². The van der Waals surface area contributed by atoms with Crippen LogP contribution in [0, 0.1) is 5.92 Å². The van der Waals surface area contributed by atoms with Gasteiger partial charge in [0.25, 0.3) is 0 Å². The molecule has 3 nitrogen and oxygen atoms in total. The van der Waals surface area contributed by atoms with Gasteiger partial charge in [-0.2, -0.15) is 0 Å². The maximum absolute atomic E-state index is 9.23. The molecule has 0 amide bonds. The van der Waals surface area contributed by atoms with Crippen LogP contribution in [0.4, 0.5) is 0 Å². The van der Waals surface area contributed by atoms with Crippen molar-refractivity contribution in [2.45, 2.75) is 46.1 Å². The summed E-state index contributed by atoms with van der Waals surface area (Å²) in [7, 11) is 0. The molecule has 0 fully saturated rings. The average Bonchev–Trinajstić information content (AvgIpc) is 2.41. The lowest BCUT2D eigenvalue weighted by Crippen LogP contribution is -2.28. The van der Waals surface area contributed by atoms with Crippen molar-refractivity contribution in [2.24, 2.45) is 5.92 Å². The Morgan fingerprint density at radius 1 is 1.15 bits per heavy atom. The molecule has 0 aliphatic heterocycles. The van der Waals surface area contributed by atoms with Gasteiger partial charge >= 0.3 is 0 Å². The highest BCUT2D eigenvalue weighted by molar-refractivity contribution is 5.25. The summed E-state index contributed by atoms with van der Waals surface area (Å²) in [6, 6.07) is 7.98. The lowest BCUT2D eigenvalue weighted by atomic mass is 10.1. The maximum Gasteiger partial charge on any atom is 0.115 e. The van der Waals surface area contributed by atoms with E-state index < -0.39 is 0 Å². The Kier molecular flexibility index (Phi) is 8.31. The molecule has 0 aliphatic carbocycles. The van der Waals surface area contributed by atoms with Crippen LogP contribution in [0.25, 0.3) is 0 Å². The molecule has 0 saturated heterocycles. The predicted octanol–water partition coefficient (Wildman–Crippen LogP) is 3.37. The van der Waals surface area contributed by atoms with E-state index in [0.717, 1.165) is 39.0 Å². The Morgan fingerprint density at radius 2 is 1.85 bits per heavy atom. The van der Waals surface area contributed by atoms with Crippen LogP contribution in [0.1, 0.15) is 39.2 Å². The number of nitrogens with one attached hydrogen (secondary N) is 1. The topological polar surface area (TPSA) is 41.5 Å². The zero-order valence-corrected chi connectivity index (χ0v) is 13.1. The third kappa shape index (κ3) is 8.18. The quantitative estimate of drug-likeness (QED) is 0.645. The number of benzene rings is 1. The van der Waals surface area contributed by atoms with Crippen molar-refractivity contribution in [3.8, 4) is 5.75 Å². The number of rotatable bonds is 10. The summed E-state index contributed by atoms with van der Waals surface area (Å²) >= 11 is 0. The summed E-state index contributed by atoms with van der Waals surface area (Å²) < 4.78 is 5.55. The molecule has 2 N–H and O–H groups in total. The van der Waals surface area contributed by atoms with E-state index in [1.807, 2.05) is 12.1 Å². The van der Waals surface area contributed by atoms with Gasteiger partial charge in [-0.15, -0.1) is 0 Å². The van der Waals surface area contributed by atoms with Crippen molar-refractivity contribution in [1.82, 2.24) is 5.32 Å². The van der Waals surface area contributed by atoms with Crippen LogP contribution in [0.3, 0.4) is 0 Å². The van der Waals surface area contributed by atoms with Crippen molar-refractivity contribution in [2.75, 3.05) is 19.8 Å². The normalized spacial score (nSPS) is 12.8. The minimum absolute atomic E-state index is 0.335. The van der Waals surface area contributed by atoms with Crippen LogP contribution in [0.15, 0.2) is 24.3 Å². The molecule has 1 atom stereocenters. The van der Waals surface area contributed by atoms with E-state index in [9.17, 15) is 5.11 Å². The monoisotopic (exact) mass is 279 g/mol. The average molecular weight is 279 g/mol. The van der Waals surface area contributed by atoms with Crippen molar-refractivity contribution in [3.63, 3.8) is 0 Å². The van der Waals surface area contributed by atoms with E-state index in [0.29, 0.717) is 17.7 Å². The first-order chi connectivity index (χ1) is 9.58. The van der Waals surface area contributed by atoms with Gasteiger partial charge < -0.3 is 15.2 Å². The second-order valence-corrected chi connectivity index (χ2v) is 5.88. The predicted molar refractivity (Wildman–Crippen MR) is 84.2 cm³/mol. The molecular formula is C17H29NO2. The summed E-state index contributed by atoms with van der Waals surface area (Å²) in [6.07, 6.45) is 3.21. The van der Waals surface area contributed by atoms with Crippen LogP contribution in [0.5, 0.6) is 5.75 Å². The number of hydrogen-bond donors (Lipinski definition) is 2. The lowest BCUT2D eigenvalue weighted by molar-refractivity contribution is 0.107. The largest absolute Gasteiger partial charge is 0.508 e. The van der Waals surface area contributed by atoms with E-state index >= 15 is 0 Å². The van der Waals surface area contributed by atoms with Gasteiger partial charge in [0.05, 0.1) is 0 Å². The van der Waals surface area contributed by atoms with Gasteiger partial charge in [0.1, 0.15) is 5.75 Å². The second kappa shape index (κ2) is 9.78. The van der Waals surface area contributed by atoms with Crippen LogP contribution in [-0.2, 0) is 11.2 Å². The number of phenolic OH excluding ortho intramolecular Hbond substituents is 1. The summed E-state index contributed by atoms with van der Waals surface area (Å²) in [5.41, 5.74) is 1.27. The van der Waals surface area contributed by atoms with Gasteiger partial charge in [0.15, 0.2) is 0 Å². The maximum atomic E-state index is 9.23. The second-order valence-electron chi connectivity index (χ2n) is 5.88. The standard InChI is InChI=1S/C17H29NO2/c1-14(2)13-20-12-4-11-18-15(3)5-6-16-7-9-17(19)10-8-16/h7-10,14-15,18-19H,4-6,11-13H2,1-3H3. The fourth-order valence-electron chi connectivity index (χ4n) is 1.99. The smallest absolute Gasteiger partial charge is 0.115 e. The van der Waals surface area contributed by atoms with Crippen molar-refractivity contribution < 1.29 is 9.84 Å². The van der Waals surface area contributed by atoms with Crippen LogP contribution >= 0.6 is 0 Å². The first kappa shape index (κ1) is 17.0. The SMILES string of the molecule is CC(C)COCCCNC(C)CCc1ccc(O)cc1. The summed E-state index contributed by atoms with van der Waals surface area (Å²) in [5, 5.41) is 12.8. The molecule has 0 radical (unpaired) electrons. The molecule has 0 spiro atoms. The van der Waals surface area contributed by atoms with E-state index in [2.05, 4.69) is 26.1 Å². The number of phenols is 1. The Labute approximate surface area is 123 Å².